The van der Waals surface area contributed by atoms with Crippen molar-refractivity contribution < 1.29 is 9.53 Å². The number of carbonyl (C=O) groups is 1. The molecule has 1 aliphatic rings. The van der Waals surface area contributed by atoms with Gasteiger partial charge in [0, 0.05) is 18.0 Å². The molecule has 0 unspecified atom stereocenters. The van der Waals surface area contributed by atoms with Crippen molar-refractivity contribution >= 4 is 17.7 Å². The second-order valence-corrected chi connectivity index (χ2v) is 5.45. The molecule has 0 spiro atoms. The molecule has 0 N–H and O–H groups in total. The van der Waals surface area contributed by atoms with Crippen LogP contribution in [-0.2, 0) is 11.2 Å². The van der Waals surface area contributed by atoms with Crippen molar-refractivity contribution in [2.45, 2.75) is 30.2 Å². The van der Waals surface area contributed by atoms with Crippen LogP contribution in [0.4, 0.5) is 0 Å². The van der Waals surface area contributed by atoms with Crippen molar-refractivity contribution in [1.29, 1.82) is 0 Å². The van der Waals surface area contributed by atoms with Gasteiger partial charge in [0.1, 0.15) is 5.75 Å². The van der Waals surface area contributed by atoms with Gasteiger partial charge < -0.3 is 9.64 Å². The average molecular weight is 265 g/mol. The molecule has 1 saturated carbocycles. The fourth-order valence-corrected chi connectivity index (χ4v) is 2.58. The number of amides is 1. The number of carbonyl (C=O) groups excluding carboxylic acids is 1. The standard InChI is InChI=1S/C14H19NO2S/c1-15(11-5-6-11)14(16)9-10-4-7-12(17-2)13(8-10)18-3/h4,7-8,11H,5-6,9H2,1-3H3. The van der Waals surface area contributed by atoms with E-state index >= 15 is 0 Å². The summed E-state index contributed by atoms with van der Waals surface area (Å²) in [6.07, 6.45) is 4.80. The summed E-state index contributed by atoms with van der Waals surface area (Å²) in [7, 11) is 3.57. The van der Waals surface area contributed by atoms with Gasteiger partial charge in [-0.1, -0.05) is 6.07 Å². The number of benzene rings is 1. The Balaban J connectivity index is 2.06. The Bertz CT molecular complexity index is 443. The van der Waals surface area contributed by atoms with E-state index in [4.69, 9.17) is 4.74 Å². The van der Waals surface area contributed by atoms with Crippen LogP contribution in [0.25, 0.3) is 0 Å². The minimum Gasteiger partial charge on any atom is -0.496 e. The minimum absolute atomic E-state index is 0.203. The fourth-order valence-electron chi connectivity index (χ4n) is 1.96. The summed E-state index contributed by atoms with van der Waals surface area (Å²) in [6.45, 7) is 0. The van der Waals surface area contributed by atoms with Crippen molar-refractivity contribution in [2.24, 2.45) is 0 Å². The van der Waals surface area contributed by atoms with Gasteiger partial charge >= 0.3 is 0 Å². The van der Waals surface area contributed by atoms with Crippen LogP contribution in [0.1, 0.15) is 18.4 Å². The summed E-state index contributed by atoms with van der Waals surface area (Å²) in [5.41, 5.74) is 1.05. The van der Waals surface area contributed by atoms with Crippen LogP contribution in [0.5, 0.6) is 5.75 Å². The molecule has 98 valence electrons. The smallest absolute Gasteiger partial charge is 0.226 e. The SMILES string of the molecule is COc1ccc(CC(=O)N(C)C2CC2)cc1SC. The Kier molecular flexibility index (Phi) is 4.17. The number of hydrogen-bond acceptors (Lipinski definition) is 3. The molecule has 0 aliphatic heterocycles. The lowest BCUT2D eigenvalue weighted by atomic mass is 10.1. The lowest BCUT2D eigenvalue weighted by Crippen LogP contribution is -2.30. The lowest BCUT2D eigenvalue weighted by Gasteiger charge is -2.16. The maximum atomic E-state index is 12.0. The third-order valence-electron chi connectivity index (χ3n) is 3.29. The van der Waals surface area contributed by atoms with Gasteiger partial charge in [-0.3, -0.25) is 4.79 Å². The van der Waals surface area contributed by atoms with Crippen LogP contribution in [0, 0.1) is 0 Å². The van der Waals surface area contributed by atoms with E-state index in [1.165, 1.54) is 0 Å². The Morgan fingerprint density at radius 3 is 2.78 bits per heavy atom. The number of nitrogens with zero attached hydrogens (tertiary/aromatic N) is 1. The van der Waals surface area contributed by atoms with Crippen LogP contribution >= 0.6 is 11.8 Å². The molecule has 0 aromatic heterocycles. The average Bonchev–Trinajstić information content (AvgIpc) is 3.21. The zero-order valence-electron chi connectivity index (χ0n) is 11.1. The lowest BCUT2D eigenvalue weighted by molar-refractivity contribution is -0.129. The number of likely N-dealkylation sites (N-methyl/N-ethyl adjacent to an activating group) is 1. The van der Waals surface area contributed by atoms with Gasteiger partial charge in [0.25, 0.3) is 0 Å². The quantitative estimate of drug-likeness (QED) is 0.766. The Hall–Kier alpha value is -1.16. The van der Waals surface area contributed by atoms with Crippen molar-refractivity contribution in [3.8, 4) is 5.75 Å². The maximum absolute atomic E-state index is 12.0. The highest BCUT2D eigenvalue weighted by Gasteiger charge is 2.29. The summed E-state index contributed by atoms with van der Waals surface area (Å²) in [5.74, 6) is 1.07. The Morgan fingerprint density at radius 1 is 1.50 bits per heavy atom. The minimum atomic E-state index is 0.203. The number of ether oxygens (including phenoxy) is 1. The predicted molar refractivity (Wildman–Crippen MR) is 74.3 cm³/mol. The van der Waals surface area contributed by atoms with E-state index in [0.29, 0.717) is 12.5 Å². The second kappa shape index (κ2) is 5.65. The number of rotatable bonds is 5. The Labute approximate surface area is 113 Å². The van der Waals surface area contributed by atoms with Crippen LogP contribution in [0.15, 0.2) is 23.1 Å². The molecule has 0 atom stereocenters. The summed E-state index contributed by atoms with van der Waals surface area (Å²) in [6, 6.07) is 6.43. The van der Waals surface area contributed by atoms with Crippen LogP contribution in [0.3, 0.4) is 0 Å². The zero-order valence-corrected chi connectivity index (χ0v) is 11.9. The third-order valence-corrected chi connectivity index (χ3v) is 4.05. The topological polar surface area (TPSA) is 29.5 Å². The van der Waals surface area contributed by atoms with E-state index in [0.717, 1.165) is 29.1 Å². The van der Waals surface area contributed by atoms with Gasteiger partial charge in [-0.25, -0.2) is 0 Å². The van der Waals surface area contributed by atoms with Gasteiger partial charge in [-0.15, -0.1) is 11.8 Å². The summed E-state index contributed by atoms with van der Waals surface area (Å²) < 4.78 is 5.28. The van der Waals surface area contributed by atoms with Crippen molar-refractivity contribution in [1.82, 2.24) is 4.90 Å². The molecule has 0 saturated heterocycles. The van der Waals surface area contributed by atoms with Gasteiger partial charge in [-0.2, -0.15) is 0 Å². The van der Waals surface area contributed by atoms with Crippen LogP contribution in [0.2, 0.25) is 0 Å². The van der Waals surface area contributed by atoms with Crippen LogP contribution < -0.4 is 4.74 Å². The normalized spacial score (nSPS) is 14.4. The molecule has 1 aliphatic carbocycles. The first-order valence-corrected chi connectivity index (χ1v) is 7.34. The fraction of sp³-hybridized carbons (Fsp3) is 0.500. The number of thioether (sulfide) groups is 1. The summed E-state index contributed by atoms with van der Waals surface area (Å²) in [5, 5.41) is 0. The van der Waals surface area contributed by atoms with E-state index < -0.39 is 0 Å². The molecule has 1 aromatic rings. The summed E-state index contributed by atoms with van der Waals surface area (Å²) >= 11 is 1.64. The van der Waals surface area contributed by atoms with E-state index in [-0.39, 0.29) is 5.91 Å². The van der Waals surface area contributed by atoms with Crippen molar-refractivity contribution in [3.63, 3.8) is 0 Å². The summed E-state index contributed by atoms with van der Waals surface area (Å²) in [4.78, 5) is 15.0. The molecule has 1 fully saturated rings. The highest BCUT2D eigenvalue weighted by atomic mass is 32.2. The van der Waals surface area contributed by atoms with Crippen LogP contribution in [-0.4, -0.2) is 37.3 Å². The molecule has 0 bridgehead atoms. The van der Waals surface area contributed by atoms with E-state index in [2.05, 4.69) is 0 Å². The number of methoxy groups -OCH3 is 1. The van der Waals surface area contributed by atoms with E-state index in [9.17, 15) is 4.79 Å². The third kappa shape index (κ3) is 2.99. The maximum Gasteiger partial charge on any atom is 0.226 e. The zero-order chi connectivity index (χ0) is 13.1. The molecule has 3 nitrogen and oxygen atoms in total. The molecule has 1 amide bonds. The van der Waals surface area contributed by atoms with Gasteiger partial charge in [0.2, 0.25) is 5.91 Å². The molecule has 4 heteroatoms. The molecule has 18 heavy (non-hydrogen) atoms. The molecule has 0 radical (unpaired) electrons. The molecule has 0 heterocycles. The first-order valence-electron chi connectivity index (χ1n) is 6.12. The molecular formula is C14H19NO2S. The van der Waals surface area contributed by atoms with E-state index in [1.807, 2.05) is 36.4 Å². The molecular weight excluding hydrogens is 246 g/mol. The Morgan fingerprint density at radius 2 is 2.22 bits per heavy atom. The highest BCUT2D eigenvalue weighted by molar-refractivity contribution is 7.98. The van der Waals surface area contributed by atoms with Crippen molar-refractivity contribution in [2.75, 3.05) is 20.4 Å². The number of hydrogen-bond donors (Lipinski definition) is 0. The van der Waals surface area contributed by atoms with Crippen molar-refractivity contribution in [3.05, 3.63) is 23.8 Å². The van der Waals surface area contributed by atoms with E-state index in [1.54, 1.807) is 18.9 Å². The van der Waals surface area contributed by atoms with Gasteiger partial charge in [0.05, 0.1) is 13.5 Å². The highest BCUT2D eigenvalue weighted by Crippen LogP contribution is 2.29. The first kappa shape index (κ1) is 13.3. The predicted octanol–water partition coefficient (Wildman–Crippen LogP) is 2.58. The second-order valence-electron chi connectivity index (χ2n) is 4.60. The molecule has 2 rings (SSSR count). The largest absolute Gasteiger partial charge is 0.496 e. The van der Waals surface area contributed by atoms with Gasteiger partial charge in [0.15, 0.2) is 0 Å². The first-order chi connectivity index (χ1) is 8.65. The van der Waals surface area contributed by atoms with Gasteiger partial charge in [-0.05, 0) is 36.8 Å². The monoisotopic (exact) mass is 265 g/mol. The molecule has 1 aromatic carbocycles.